The fourth-order valence-corrected chi connectivity index (χ4v) is 3.54. The lowest BCUT2D eigenvalue weighted by atomic mass is 9.96. The van der Waals surface area contributed by atoms with Crippen molar-refractivity contribution in [2.24, 2.45) is 0 Å². The van der Waals surface area contributed by atoms with Crippen LogP contribution in [0, 0.1) is 5.82 Å². The summed E-state index contributed by atoms with van der Waals surface area (Å²) in [6, 6.07) is 9.20. The summed E-state index contributed by atoms with van der Waals surface area (Å²) in [5, 5.41) is 9.31. The number of hydrogen-bond acceptors (Lipinski definition) is 3. The van der Waals surface area contributed by atoms with Gasteiger partial charge in [0.25, 0.3) is 5.91 Å². The molecule has 2 aliphatic heterocycles. The standard InChI is InChI=1S/C19H20FN3O/c20-18-13-8-10-21-11-12(13)6-7-17(18)23-19(24)15-3-1-5-16-14(15)4-2-9-22-16/h1,3,5-7,21-22H,2,4,8-11H2,(H,23,24). The van der Waals surface area contributed by atoms with Crippen molar-refractivity contribution < 1.29 is 9.18 Å². The smallest absolute Gasteiger partial charge is 0.256 e. The fourth-order valence-electron chi connectivity index (χ4n) is 3.54. The van der Waals surface area contributed by atoms with Crippen molar-refractivity contribution >= 4 is 17.3 Å². The van der Waals surface area contributed by atoms with Crippen molar-refractivity contribution in [3.05, 3.63) is 58.4 Å². The summed E-state index contributed by atoms with van der Waals surface area (Å²) in [6.07, 6.45) is 2.51. The Morgan fingerprint density at radius 1 is 1.08 bits per heavy atom. The van der Waals surface area contributed by atoms with E-state index in [4.69, 9.17) is 0 Å². The van der Waals surface area contributed by atoms with Crippen LogP contribution in [0.25, 0.3) is 0 Å². The van der Waals surface area contributed by atoms with Crippen LogP contribution in [-0.2, 0) is 19.4 Å². The Balaban J connectivity index is 1.63. The van der Waals surface area contributed by atoms with Crippen LogP contribution < -0.4 is 16.0 Å². The fraction of sp³-hybridized carbons (Fsp3) is 0.316. The molecule has 2 aromatic carbocycles. The Kier molecular flexibility index (Phi) is 3.94. The van der Waals surface area contributed by atoms with Gasteiger partial charge in [0.1, 0.15) is 5.82 Å². The molecule has 0 bridgehead atoms. The molecule has 0 atom stereocenters. The largest absolute Gasteiger partial charge is 0.385 e. The highest BCUT2D eigenvalue weighted by molar-refractivity contribution is 6.06. The zero-order valence-corrected chi connectivity index (χ0v) is 13.4. The monoisotopic (exact) mass is 325 g/mol. The summed E-state index contributed by atoms with van der Waals surface area (Å²) in [5.41, 5.74) is 4.59. The SMILES string of the molecule is O=C(Nc1ccc2c(c1F)CCNC2)c1cccc2c1CCCN2. The third kappa shape index (κ3) is 2.65. The van der Waals surface area contributed by atoms with Crippen molar-refractivity contribution in [2.45, 2.75) is 25.8 Å². The second-order valence-corrected chi connectivity index (χ2v) is 6.31. The first-order valence-corrected chi connectivity index (χ1v) is 8.42. The van der Waals surface area contributed by atoms with Gasteiger partial charge in [-0.05, 0) is 60.7 Å². The Morgan fingerprint density at radius 2 is 2.00 bits per heavy atom. The molecular formula is C19H20FN3O. The zero-order chi connectivity index (χ0) is 16.5. The van der Waals surface area contributed by atoms with Gasteiger partial charge in [0, 0.05) is 24.3 Å². The molecular weight excluding hydrogens is 305 g/mol. The predicted octanol–water partition coefficient (Wildman–Crippen LogP) is 3.08. The maximum atomic E-state index is 14.7. The van der Waals surface area contributed by atoms with E-state index in [0.717, 1.165) is 42.7 Å². The van der Waals surface area contributed by atoms with E-state index in [9.17, 15) is 9.18 Å². The minimum atomic E-state index is -0.301. The molecule has 3 N–H and O–H groups in total. The Morgan fingerprint density at radius 3 is 2.92 bits per heavy atom. The highest BCUT2D eigenvalue weighted by Crippen LogP contribution is 2.28. The summed E-state index contributed by atoms with van der Waals surface area (Å²) < 4.78 is 14.7. The average Bonchev–Trinajstić information content (AvgIpc) is 2.63. The first kappa shape index (κ1) is 15.1. The van der Waals surface area contributed by atoms with Gasteiger partial charge in [0.05, 0.1) is 5.69 Å². The van der Waals surface area contributed by atoms with Gasteiger partial charge in [0.2, 0.25) is 0 Å². The van der Waals surface area contributed by atoms with E-state index in [2.05, 4.69) is 16.0 Å². The normalized spacial score (nSPS) is 15.9. The molecule has 0 aliphatic carbocycles. The number of fused-ring (bicyclic) bond motifs is 2. The van der Waals surface area contributed by atoms with Gasteiger partial charge in [-0.2, -0.15) is 0 Å². The maximum Gasteiger partial charge on any atom is 0.256 e. The van der Waals surface area contributed by atoms with Gasteiger partial charge in [-0.3, -0.25) is 4.79 Å². The molecule has 2 aliphatic rings. The van der Waals surface area contributed by atoms with Crippen LogP contribution >= 0.6 is 0 Å². The summed E-state index contributed by atoms with van der Waals surface area (Å²) in [4.78, 5) is 12.7. The molecule has 0 fully saturated rings. The van der Waals surface area contributed by atoms with Crippen molar-refractivity contribution in [3.63, 3.8) is 0 Å². The number of anilines is 2. The van der Waals surface area contributed by atoms with E-state index in [-0.39, 0.29) is 17.4 Å². The minimum Gasteiger partial charge on any atom is -0.385 e. The van der Waals surface area contributed by atoms with Crippen molar-refractivity contribution in [1.29, 1.82) is 0 Å². The molecule has 0 saturated heterocycles. The van der Waals surface area contributed by atoms with Gasteiger partial charge in [-0.25, -0.2) is 4.39 Å². The third-order valence-electron chi connectivity index (χ3n) is 4.80. The molecule has 4 rings (SSSR count). The number of rotatable bonds is 2. The Bertz CT molecular complexity index is 803. The number of benzene rings is 2. The van der Waals surface area contributed by atoms with Gasteiger partial charge in [-0.1, -0.05) is 12.1 Å². The lowest BCUT2D eigenvalue weighted by molar-refractivity contribution is 0.102. The van der Waals surface area contributed by atoms with Crippen LogP contribution in [0.2, 0.25) is 0 Å². The van der Waals surface area contributed by atoms with Crippen molar-refractivity contribution in [3.8, 4) is 0 Å². The highest BCUT2D eigenvalue weighted by Gasteiger charge is 2.21. The molecule has 0 saturated carbocycles. The van der Waals surface area contributed by atoms with Crippen LogP contribution in [0.1, 0.15) is 33.5 Å². The number of carbonyl (C=O) groups excluding carboxylic acids is 1. The van der Waals surface area contributed by atoms with E-state index in [0.29, 0.717) is 24.1 Å². The summed E-state index contributed by atoms with van der Waals surface area (Å²) in [7, 11) is 0. The first-order valence-electron chi connectivity index (χ1n) is 8.42. The van der Waals surface area contributed by atoms with Gasteiger partial charge in [0.15, 0.2) is 0 Å². The zero-order valence-electron chi connectivity index (χ0n) is 13.4. The Hall–Kier alpha value is -2.40. The lowest BCUT2D eigenvalue weighted by Gasteiger charge is -2.22. The van der Waals surface area contributed by atoms with Crippen molar-refractivity contribution in [1.82, 2.24) is 5.32 Å². The van der Waals surface area contributed by atoms with Gasteiger partial charge in [-0.15, -0.1) is 0 Å². The molecule has 2 heterocycles. The van der Waals surface area contributed by atoms with Crippen LogP contribution in [0.3, 0.4) is 0 Å². The molecule has 0 radical (unpaired) electrons. The number of halogens is 1. The molecule has 4 nitrogen and oxygen atoms in total. The van der Waals surface area contributed by atoms with E-state index in [1.54, 1.807) is 12.1 Å². The molecule has 0 unspecified atom stereocenters. The summed E-state index contributed by atoms with van der Waals surface area (Å²) in [5.74, 6) is -0.548. The molecule has 2 aromatic rings. The summed E-state index contributed by atoms with van der Waals surface area (Å²) >= 11 is 0. The molecule has 5 heteroatoms. The second kappa shape index (κ2) is 6.24. The van der Waals surface area contributed by atoms with Gasteiger partial charge < -0.3 is 16.0 Å². The van der Waals surface area contributed by atoms with E-state index in [1.807, 2.05) is 18.2 Å². The van der Waals surface area contributed by atoms with Crippen LogP contribution in [0.15, 0.2) is 30.3 Å². The average molecular weight is 325 g/mol. The molecule has 0 aromatic heterocycles. The first-order chi connectivity index (χ1) is 11.7. The minimum absolute atomic E-state index is 0.247. The third-order valence-corrected chi connectivity index (χ3v) is 4.80. The Labute approximate surface area is 140 Å². The number of nitrogens with one attached hydrogen (secondary N) is 3. The van der Waals surface area contributed by atoms with Crippen LogP contribution in [0.4, 0.5) is 15.8 Å². The van der Waals surface area contributed by atoms with Crippen LogP contribution in [0.5, 0.6) is 0 Å². The highest BCUT2D eigenvalue weighted by atomic mass is 19.1. The molecule has 24 heavy (non-hydrogen) atoms. The van der Waals surface area contributed by atoms with Crippen LogP contribution in [-0.4, -0.2) is 19.0 Å². The summed E-state index contributed by atoms with van der Waals surface area (Å²) in [6.45, 7) is 2.36. The lowest BCUT2D eigenvalue weighted by Crippen LogP contribution is -2.25. The molecule has 1 amide bonds. The van der Waals surface area contributed by atoms with E-state index >= 15 is 0 Å². The maximum absolute atomic E-state index is 14.7. The number of hydrogen-bond donors (Lipinski definition) is 3. The topological polar surface area (TPSA) is 53.2 Å². The second-order valence-electron chi connectivity index (χ2n) is 6.31. The number of amides is 1. The predicted molar refractivity (Wildman–Crippen MR) is 93.0 cm³/mol. The molecule has 0 spiro atoms. The van der Waals surface area contributed by atoms with Crippen molar-refractivity contribution in [2.75, 3.05) is 23.7 Å². The quantitative estimate of drug-likeness (QED) is 0.795. The van der Waals surface area contributed by atoms with Gasteiger partial charge >= 0.3 is 0 Å². The number of carbonyl (C=O) groups is 1. The van der Waals surface area contributed by atoms with E-state index in [1.165, 1.54) is 0 Å². The molecule has 124 valence electrons. The van der Waals surface area contributed by atoms with E-state index < -0.39 is 0 Å².